The zero-order valence-corrected chi connectivity index (χ0v) is 17.9. The second-order valence-electron chi connectivity index (χ2n) is 8.91. The third-order valence-electron chi connectivity index (χ3n) is 6.98. The van der Waals surface area contributed by atoms with E-state index in [4.69, 9.17) is 9.47 Å². The van der Waals surface area contributed by atoms with Crippen LogP contribution >= 0.6 is 0 Å². The molecule has 164 valence electrons. The number of hydrogen-bond donors (Lipinski definition) is 1. The van der Waals surface area contributed by atoms with Gasteiger partial charge in [0, 0.05) is 37.4 Å². The van der Waals surface area contributed by atoms with Crippen LogP contribution in [0.15, 0.2) is 36.8 Å². The molecule has 5 rings (SSSR count). The molecule has 0 spiro atoms. The highest BCUT2D eigenvalue weighted by atomic mass is 16.6. The van der Waals surface area contributed by atoms with Gasteiger partial charge in [0.2, 0.25) is 5.91 Å². The van der Waals surface area contributed by atoms with E-state index in [-0.39, 0.29) is 17.2 Å². The second kappa shape index (κ2) is 8.73. The number of carbonyl (C=O) groups is 1. The summed E-state index contributed by atoms with van der Waals surface area (Å²) in [6.07, 6.45) is 11.6. The molecular weight excluding hydrogens is 392 g/mol. The van der Waals surface area contributed by atoms with Crippen LogP contribution in [0.1, 0.15) is 44.1 Å². The van der Waals surface area contributed by atoms with Crippen molar-refractivity contribution < 1.29 is 14.3 Å². The zero-order valence-electron chi connectivity index (χ0n) is 17.9. The van der Waals surface area contributed by atoms with Crippen LogP contribution in [0, 0.1) is 5.92 Å². The molecule has 1 N–H and O–H groups in total. The van der Waals surface area contributed by atoms with Crippen LogP contribution in [0.3, 0.4) is 0 Å². The first-order valence-electron chi connectivity index (χ1n) is 11.4. The van der Waals surface area contributed by atoms with Crippen LogP contribution in [0.25, 0.3) is 0 Å². The lowest BCUT2D eigenvalue weighted by Gasteiger charge is -2.35. The Morgan fingerprint density at radius 1 is 1.13 bits per heavy atom. The normalized spacial score (nSPS) is 22.2. The Balaban J connectivity index is 1.26. The quantitative estimate of drug-likeness (QED) is 0.798. The van der Waals surface area contributed by atoms with E-state index in [0.717, 1.165) is 49.5 Å². The molecule has 1 atom stereocenters. The fraction of sp³-hybridized carbons (Fsp3) is 0.542. The summed E-state index contributed by atoms with van der Waals surface area (Å²) in [4.78, 5) is 23.9. The van der Waals surface area contributed by atoms with E-state index in [2.05, 4.69) is 32.3 Å². The number of nitrogens with one attached hydrogen (secondary N) is 1. The first-order valence-corrected chi connectivity index (χ1v) is 11.4. The number of piperidine rings is 1. The average molecular weight is 423 g/mol. The first kappa shape index (κ1) is 20.1. The number of hydrogen-bond acceptors (Lipinski definition) is 6. The summed E-state index contributed by atoms with van der Waals surface area (Å²) in [6.45, 7) is 3.48. The van der Waals surface area contributed by atoms with Crippen molar-refractivity contribution in [3.8, 4) is 11.5 Å². The third kappa shape index (κ3) is 4.18. The van der Waals surface area contributed by atoms with Gasteiger partial charge in [-0.05, 0) is 43.4 Å². The van der Waals surface area contributed by atoms with E-state index in [1.54, 1.807) is 18.6 Å². The van der Waals surface area contributed by atoms with Crippen molar-refractivity contribution in [2.75, 3.05) is 37.7 Å². The molecule has 3 heterocycles. The number of fused-ring (bicyclic) bond motifs is 1. The molecule has 2 aromatic rings. The van der Waals surface area contributed by atoms with Gasteiger partial charge in [0.1, 0.15) is 19.0 Å². The summed E-state index contributed by atoms with van der Waals surface area (Å²) in [5.74, 6) is 2.63. The van der Waals surface area contributed by atoms with E-state index in [9.17, 15) is 4.79 Å². The Hall–Kier alpha value is -2.83. The Kier molecular flexibility index (Phi) is 5.66. The Morgan fingerprint density at radius 3 is 2.77 bits per heavy atom. The minimum atomic E-state index is -0.0231. The molecule has 2 fully saturated rings. The minimum Gasteiger partial charge on any atom is -0.486 e. The maximum Gasteiger partial charge on any atom is 0.224 e. The third-order valence-corrected chi connectivity index (χ3v) is 6.98. The van der Waals surface area contributed by atoms with E-state index in [1.165, 1.54) is 18.4 Å². The molecule has 1 saturated carbocycles. The molecule has 1 unspecified atom stereocenters. The van der Waals surface area contributed by atoms with Gasteiger partial charge in [-0.15, -0.1) is 0 Å². The second-order valence-corrected chi connectivity index (χ2v) is 8.91. The number of rotatable bonds is 5. The van der Waals surface area contributed by atoms with Crippen LogP contribution < -0.4 is 19.7 Å². The van der Waals surface area contributed by atoms with Gasteiger partial charge < -0.3 is 19.7 Å². The zero-order chi connectivity index (χ0) is 21.1. The van der Waals surface area contributed by atoms with Crippen molar-refractivity contribution in [3.05, 3.63) is 42.4 Å². The first-order chi connectivity index (χ1) is 15.2. The molecule has 2 aliphatic heterocycles. The van der Waals surface area contributed by atoms with Gasteiger partial charge in [-0.1, -0.05) is 18.9 Å². The number of amides is 1. The smallest absolute Gasteiger partial charge is 0.224 e. The average Bonchev–Trinajstić information content (AvgIpc) is 3.33. The molecule has 1 aliphatic carbocycles. The fourth-order valence-corrected chi connectivity index (χ4v) is 5.25. The van der Waals surface area contributed by atoms with E-state index in [1.807, 2.05) is 6.07 Å². The van der Waals surface area contributed by atoms with Gasteiger partial charge in [0.05, 0.1) is 12.1 Å². The minimum absolute atomic E-state index is 0.0190. The largest absolute Gasteiger partial charge is 0.486 e. The van der Waals surface area contributed by atoms with Crippen LogP contribution in [-0.4, -0.2) is 48.7 Å². The van der Waals surface area contributed by atoms with Crippen molar-refractivity contribution in [2.45, 2.75) is 43.9 Å². The van der Waals surface area contributed by atoms with Crippen LogP contribution in [-0.2, 0) is 10.2 Å². The van der Waals surface area contributed by atoms with Crippen molar-refractivity contribution in [1.82, 2.24) is 15.3 Å². The summed E-state index contributed by atoms with van der Waals surface area (Å²) < 4.78 is 11.5. The Labute approximate surface area is 183 Å². The summed E-state index contributed by atoms with van der Waals surface area (Å²) in [5.41, 5.74) is 1.23. The molecule has 1 aromatic carbocycles. The van der Waals surface area contributed by atoms with Gasteiger partial charge in [0.25, 0.3) is 0 Å². The molecule has 1 saturated heterocycles. The number of anilines is 1. The summed E-state index contributed by atoms with van der Waals surface area (Å²) >= 11 is 0. The molecule has 1 amide bonds. The highest BCUT2D eigenvalue weighted by Gasteiger charge is 2.37. The van der Waals surface area contributed by atoms with Crippen molar-refractivity contribution >= 4 is 11.7 Å². The molecular formula is C24H30N4O3. The van der Waals surface area contributed by atoms with Crippen molar-refractivity contribution in [1.29, 1.82) is 0 Å². The maximum atomic E-state index is 13.1. The molecule has 31 heavy (non-hydrogen) atoms. The highest BCUT2D eigenvalue weighted by molar-refractivity contribution is 5.79. The fourth-order valence-electron chi connectivity index (χ4n) is 5.25. The summed E-state index contributed by atoms with van der Waals surface area (Å²) in [7, 11) is 0. The standard InChI is InChI=1S/C24H30N4O3/c29-23(18-4-3-11-28(16-18)22-15-25-9-10-26-22)27-17-24(7-1-2-8-24)19-5-6-20-21(14-19)31-13-12-30-20/h5-6,9-10,14-15,18H,1-4,7-8,11-13,16-17H2,(H,27,29). The van der Waals surface area contributed by atoms with Crippen LogP contribution in [0.4, 0.5) is 5.82 Å². The van der Waals surface area contributed by atoms with Crippen LogP contribution in [0.2, 0.25) is 0 Å². The topological polar surface area (TPSA) is 76.6 Å². The number of nitrogens with zero attached hydrogens (tertiary/aromatic N) is 3. The lowest BCUT2D eigenvalue weighted by Crippen LogP contribution is -2.46. The summed E-state index contributed by atoms with van der Waals surface area (Å²) in [6, 6.07) is 6.30. The van der Waals surface area contributed by atoms with Gasteiger partial charge in [0.15, 0.2) is 11.5 Å². The lowest BCUT2D eigenvalue weighted by molar-refractivity contribution is -0.125. The monoisotopic (exact) mass is 422 g/mol. The highest BCUT2D eigenvalue weighted by Crippen LogP contribution is 2.44. The molecule has 3 aliphatic rings. The van der Waals surface area contributed by atoms with Crippen molar-refractivity contribution in [2.24, 2.45) is 5.92 Å². The molecule has 7 nitrogen and oxygen atoms in total. The molecule has 0 radical (unpaired) electrons. The predicted octanol–water partition coefficient (Wildman–Crippen LogP) is 3.09. The molecule has 7 heteroatoms. The number of ether oxygens (including phenoxy) is 2. The van der Waals surface area contributed by atoms with E-state index in [0.29, 0.717) is 26.3 Å². The van der Waals surface area contributed by atoms with Gasteiger partial charge in [-0.2, -0.15) is 0 Å². The maximum absolute atomic E-state index is 13.1. The van der Waals surface area contributed by atoms with E-state index < -0.39 is 0 Å². The van der Waals surface area contributed by atoms with E-state index >= 15 is 0 Å². The lowest BCUT2D eigenvalue weighted by atomic mass is 9.78. The number of carbonyl (C=O) groups excluding carboxylic acids is 1. The summed E-state index contributed by atoms with van der Waals surface area (Å²) in [5, 5.41) is 3.31. The van der Waals surface area contributed by atoms with Gasteiger partial charge in [-0.25, -0.2) is 4.98 Å². The van der Waals surface area contributed by atoms with Crippen LogP contribution in [0.5, 0.6) is 11.5 Å². The molecule has 1 aromatic heterocycles. The predicted molar refractivity (Wildman–Crippen MR) is 118 cm³/mol. The molecule has 0 bridgehead atoms. The van der Waals surface area contributed by atoms with Gasteiger partial charge in [-0.3, -0.25) is 9.78 Å². The SMILES string of the molecule is O=C(NCC1(c2ccc3c(c2)OCCO3)CCCC1)C1CCCN(c2cnccn2)C1. The Morgan fingerprint density at radius 2 is 1.97 bits per heavy atom. The number of aromatic nitrogens is 2. The van der Waals surface area contributed by atoms with Crippen molar-refractivity contribution in [3.63, 3.8) is 0 Å². The Bertz CT molecular complexity index is 914. The van der Waals surface area contributed by atoms with Gasteiger partial charge >= 0.3 is 0 Å². The number of benzene rings is 1.